The van der Waals surface area contributed by atoms with Gasteiger partial charge in [0.05, 0.1) is 0 Å². The fourth-order valence-electron chi connectivity index (χ4n) is 2.56. The molecular weight excluding hydrogens is 258 g/mol. The summed E-state index contributed by atoms with van der Waals surface area (Å²) in [5.41, 5.74) is 9.28. The van der Waals surface area contributed by atoms with E-state index in [1.54, 1.807) is 0 Å². The Labute approximate surface area is 117 Å². The molecular formula is C15H16ClN3. The monoisotopic (exact) mass is 273 g/mol. The Morgan fingerprint density at radius 3 is 2.74 bits per heavy atom. The van der Waals surface area contributed by atoms with Crippen LogP contribution in [0.3, 0.4) is 0 Å². The van der Waals surface area contributed by atoms with Gasteiger partial charge in [0, 0.05) is 21.8 Å². The zero-order valence-corrected chi connectivity index (χ0v) is 11.5. The van der Waals surface area contributed by atoms with E-state index in [0.29, 0.717) is 16.7 Å². The van der Waals surface area contributed by atoms with Gasteiger partial charge in [0.25, 0.3) is 0 Å². The summed E-state index contributed by atoms with van der Waals surface area (Å²) in [6.45, 7) is 0. The number of hydrogen-bond acceptors (Lipinski definition) is 3. The quantitative estimate of drug-likeness (QED) is 0.807. The predicted octanol–water partition coefficient (Wildman–Crippen LogP) is 3.65. The summed E-state index contributed by atoms with van der Waals surface area (Å²) in [6.07, 6.45) is 5.59. The number of anilines is 1. The molecule has 98 valence electrons. The third kappa shape index (κ3) is 2.56. The zero-order chi connectivity index (χ0) is 13.2. The highest BCUT2D eigenvalue weighted by molar-refractivity contribution is 6.30. The average molecular weight is 274 g/mol. The van der Waals surface area contributed by atoms with Crippen LogP contribution in [0, 0.1) is 0 Å². The van der Waals surface area contributed by atoms with E-state index in [-0.39, 0.29) is 0 Å². The van der Waals surface area contributed by atoms with Crippen molar-refractivity contribution in [2.75, 3.05) is 5.73 Å². The maximum Gasteiger partial charge on any atom is 0.161 e. The maximum atomic E-state index is 6.10. The standard InChI is InChI=1S/C15H16ClN3/c16-11-6-4-5-10(9-11)15-18-13-8-3-1-2-7-12(13)14(17)19-15/h4-6,9H,1-3,7-8H2,(H2,17,18,19). The first-order valence-corrected chi connectivity index (χ1v) is 7.03. The molecule has 0 aliphatic heterocycles. The molecule has 0 amide bonds. The van der Waals surface area contributed by atoms with Crippen LogP contribution in [-0.2, 0) is 12.8 Å². The summed E-state index contributed by atoms with van der Waals surface area (Å²) in [7, 11) is 0. The van der Waals surface area contributed by atoms with E-state index in [9.17, 15) is 0 Å². The lowest BCUT2D eigenvalue weighted by molar-refractivity contribution is 0.709. The van der Waals surface area contributed by atoms with Crippen LogP contribution in [0.2, 0.25) is 5.02 Å². The van der Waals surface area contributed by atoms with Crippen molar-refractivity contribution in [3.63, 3.8) is 0 Å². The first-order chi connectivity index (χ1) is 9.24. The fraction of sp³-hybridized carbons (Fsp3) is 0.333. The van der Waals surface area contributed by atoms with Gasteiger partial charge in [0.15, 0.2) is 5.82 Å². The summed E-state index contributed by atoms with van der Waals surface area (Å²) in [5.74, 6) is 1.31. The van der Waals surface area contributed by atoms with Gasteiger partial charge in [-0.15, -0.1) is 0 Å². The maximum absolute atomic E-state index is 6.10. The van der Waals surface area contributed by atoms with E-state index in [1.165, 1.54) is 19.3 Å². The Hall–Kier alpha value is -1.61. The molecule has 1 heterocycles. The molecule has 0 unspecified atom stereocenters. The number of rotatable bonds is 1. The Balaban J connectivity index is 2.09. The van der Waals surface area contributed by atoms with Crippen LogP contribution < -0.4 is 5.73 Å². The predicted molar refractivity (Wildman–Crippen MR) is 78.1 cm³/mol. The molecule has 2 N–H and O–H groups in total. The van der Waals surface area contributed by atoms with Gasteiger partial charge in [0.1, 0.15) is 5.82 Å². The van der Waals surface area contributed by atoms with Crippen molar-refractivity contribution in [3.05, 3.63) is 40.5 Å². The SMILES string of the molecule is Nc1nc(-c2cccc(Cl)c2)nc2c1CCCCC2. The van der Waals surface area contributed by atoms with E-state index in [2.05, 4.69) is 4.98 Å². The smallest absolute Gasteiger partial charge is 0.161 e. The zero-order valence-electron chi connectivity index (χ0n) is 10.7. The number of aromatic nitrogens is 2. The molecule has 0 saturated heterocycles. The molecule has 0 bridgehead atoms. The largest absolute Gasteiger partial charge is 0.383 e. The van der Waals surface area contributed by atoms with Gasteiger partial charge in [0.2, 0.25) is 0 Å². The van der Waals surface area contributed by atoms with Crippen molar-refractivity contribution >= 4 is 17.4 Å². The first kappa shape index (κ1) is 12.4. The molecule has 0 fully saturated rings. The third-order valence-corrected chi connectivity index (χ3v) is 3.78. The molecule has 1 aromatic heterocycles. The minimum atomic E-state index is 0.627. The van der Waals surface area contributed by atoms with E-state index in [4.69, 9.17) is 22.3 Å². The lowest BCUT2D eigenvalue weighted by Gasteiger charge is -2.10. The van der Waals surface area contributed by atoms with Crippen LogP contribution in [0.25, 0.3) is 11.4 Å². The molecule has 3 rings (SSSR count). The van der Waals surface area contributed by atoms with Crippen molar-refractivity contribution in [1.29, 1.82) is 0 Å². The van der Waals surface area contributed by atoms with Crippen molar-refractivity contribution in [1.82, 2.24) is 9.97 Å². The highest BCUT2D eigenvalue weighted by atomic mass is 35.5. The topological polar surface area (TPSA) is 51.8 Å². The Morgan fingerprint density at radius 1 is 1.05 bits per heavy atom. The van der Waals surface area contributed by atoms with E-state index < -0.39 is 0 Å². The number of fused-ring (bicyclic) bond motifs is 1. The molecule has 0 radical (unpaired) electrons. The molecule has 1 aromatic carbocycles. The van der Waals surface area contributed by atoms with Crippen LogP contribution in [0.4, 0.5) is 5.82 Å². The van der Waals surface area contributed by atoms with Crippen LogP contribution in [0.1, 0.15) is 30.5 Å². The van der Waals surface area contributed by atoms with Gasteiger partial charge in [-0.3, -0.25) is 0 Å². The summed E-state index contributed by atoms with van der Waals surface area (Å²) < 4.78 is 0. The van der Waals surface area contributed by atoms with Gasteiger partial charge in [-0.1, -0.05) is 30.2 Å². The number of benzene rings is 1. The highest BCUT2D eigenvalue weighted by Crippen LogP contribution is 2.27. The van der Waals surface area contributed by atoms with Crippen molar-refractivity contribution in [2.45, 2.75) is 32.1 Å². The second-order valence-corrected chi connectivity index (χ2v) is 5.37. The lowest BCUT2D eigenvalue weighted by atomic mass is 10.1. The van der Waals surface area contributed by atoms with E-state index >= 15 is 0 Å². The van der Waals surface area contributed by atoms with Gasteiger partial charge >= 0.3 is 0 Å². The van der Waals surface area contributed by atoms with Gasteiger partial charge in [-0.2, -0.15) is 0 Å². The molecule has 19 heavy (non-hydrogen) atoms. The molecule has 4 heteroatoms. The molecule has 0 atom stereocenters. The van der Waals surface area contributed by atoms with Crippen LogP contribution in [-0.4, -0.2) is 9.97 Å². The normalized spacial score (nSPS) is 14.8. The number of nitrogen functional groups attached to an aromatic ring is 1. The van der Waals surface area contributed by atoms with E-state index in [0.717, 1.165) is 29.7 Å². The third-order valence-electron chi connectivity index (χ3n) is 3.55. The van der Waals surface area contributed by atoms with Crippen LogP contribution in [0.5, 0.6) is 0 Å². The number of aryl methyl sites for hydroxylation is 1. The fourth-order valence-corrected chi connectivity index (χ4v) is 2.75. The molecule has 0 spiro atoms. The van der Waals surface area contributed by atoms with Gasteiger partial charge < -0.3 is 5.73 Å². The number of hydrogen-bond donors (Lipinski definition) is 1. The van der Waals surface area contributed by atoms with Crippen molar-refractivity contribution in [3.8, 4) is 11.4 Å². The average Bonchev–Trinajstić information content (AvgIpc) is 2.64. The van der Waals surface area contributed by atoms with Gasteiger partial charge in [-0.05, 0) is 37.8 Å². The minimum Gasteiger partial charge on any atom is -0.383 e. The van der Waals surface area contributed by atoms with Crippen LogP contribution >= 0.6 is 11.6 Å². The Bertz CT molecular complexity index is 610. The van der Waals surface area contributed by atoms with Crippen molar-refractivity contribution < 1.29 is 0 Å². The molecule has 3 nitrogen and oxygen atoms in total. The number of nitrogens with two attached hydrogens (primary N) is 1. The summed E-state index contributed by atoms with van der Waals surface area (Å²) in [5, 5.41) is 0.689. The second-order valence-electron chi connectivity index (χ2n) is 4.93. The van der Waals surface area contributed by atoms with Crippen molar-refractivity contribution in [2.24, 2.45) is 0 Å². The second kappa shape index (κ2) is 5.17. The number of halogens is 1. The molecule has 2 aromatic rings. The first-order valence-electron chi connectivity index (χ1n) is 6.65. The highest BCUT2D eigenvalue weighted by Gasteiger charge is 2.15. The number of nitrogens with zero attached hydrogens (tertiary/aromatic N) is 2. The lowest BCUT2D eigenvalue weighted by Crippen LogP contribution is -2.06. The molecule has 0 saturated carbocycles. The Morgan fingerprint density at radius 2 is 1.89 bits per heavy atom. The van der Waals surface area contributed by atoms with Crippen LogP contribution in [0.15, 0.2) is 24.3 Å². The minimum absolute atomic E-state index is 0.627. The summed E-state index contributed by atoms with van der Waals surface area (Å²) in [4.78, 5) is 9.14. The molecule has 1 aliphatic rings. The Kier molecular flexibility index (Phi) is 3.38. The van der Waals surface area contributed by atoms with Gasteiger partial charge in [-0.25, -0.2) is 9.97 Å². The molecule has 1 aliphatic carbocycles. The summed E-state index contributed by atoms with van der Waals surface area (Å²) in [6, 6.07) is 7.59. The van der Waals surface area contributed by atoms with E-state index in [1.807, 2.05) is 24.3 Å². The summed E-state index contributed by atoms with van der Waals surface area (Å²) >= 11 is 6.02.